The molecule has 1 unspecified atom stereocenters. The lowest BCUT2D eigenvalue weighted by atomic mass is 10.1. The van der Waals surface area contributed by atoms with Crippen LogP contribution in [0.1, 0.15) is 17.5 Å². The molecule has 2 fully saturated rings. The van der Waals surface area contributed by atoms with E-state index in [4.69, 9.17) is 9.72 Å². The number of benzene rings is 1. The molecule has 26 heavy (non-hydrogen) atoms. The van der Waals surface area contributed by atoms with Gasteiger partial charge >= 0.3 is 0 Å². The fraction of sp³-hybridized carbons (Fsp3) is 0.500. The maximum Gasteiger partial charge on any atom is 0.227 e. The van der Waals surface area contributed by atoms with Gasteiger partial charge in [0.05, 0.1) is 13.2 Å². The molecular weight excluding hydrogens is 326 g/mol. The molecule has 6 nitrogen and oxygen atoms in total. The first-order valence-corrected chi connectivity index (χ1v) is 9.47. The van der Waals surface area contributed by atoms with Crippen molar-refractivity contribution in [1.82, 2.24) is 14.9 Å². The van der Waals surface area contributed by atoms with E-state index in [2.05, 4.69) is 51.3 Å². The Balaban J connectivity index is 1.34. The highest BCUT2D eigenvalue weighted by molar-refractivity contribution is 5.42. The van der Waals surface area contributed by atoms with Crippen molar-refractivity contribution in [1.29, 1.82) is 0 Å². The van der Waals surface area contributed by atoms with Crippen molar-refractivity contribution in [2.24, 2.45) is 0 Å². The van der Waals surface area contributed by atoms with Crippen molar-refractivity contribution >= 4 is 11.8 Å². The largest absolute Gasteiger partial charge is 0.378 e. The molecule has 0 spiro atoms. The molecule has 0 radical (unpaired) electrons. The van der Waals surface area contributed by atoms with E-state index in [1.807, 2.05) is 12.3 Å². The van der Waals surface area contributed by atoms with Crippen LogP contribution >= 0.6 is 0 Å². The summed E-state index contributed by atoms with van der Waals surface area (Å²) in [7, 11) is 0. The van der Waals surface area contributed by atoms with Crippen molar-refractivity contribution in [2.75, 3.05) is 49.6 Å². The fourth-order valence-electron chi connectivity index (χ4n) is 3.68. The summed E-state index contributed by atoms with van der Waals surface area (Å²) in [4.78, 5) is 13.8. The molecule has 1 atom stereocenters. The summed E-state index contributed by atoms with van der Waals surface area (Å²) >= 11 is 0. The molecule has 0 amide bonds. The predicted molar refractivity (Wildman–Crippen MR) is 104 cm³/mol. The van der Waals surface area contributed by atoms with Gasteiger partial charge in [0.15, 0.2) is 0 Å². The SMILES string of the molecule is Cc1ccccc1CN1CCC(Nc2ccnc(N3CCOCC3)n2)C1. The van der Waals surface area contributed by atoms with Crippen LogP contribution in [0.5, 0.6) is 0 Å². The summed E-state index contributed by atoms with van der Waals surface area (Å²) in [6, 6.07) is 11.1. The Morgan fingerprint density at radius 1 is 1.15 bits per heavy atom. The van der Waals surface area contributed by atoms with Crippen LogP contribution in [0.3, 0.4) is 0 Å². The Morgan fingerprint density at radius 3 is 2.85 bits per heavy atom. The number of hydrogen-bond acceptors (Lipinski definition) is 6. The third kappa shape index (κ3) is 4.14. The maximum atomic E-state index is 5.41. The zero-order valence-electron chi connectivity index (χ0n) is 15.4. The third-order valence-corrected chi connectivity index (χ3v) is 5.22. The molecule has 4 rings (SSSR count). The van der Waals surface area contributed by atoms with Crippen LogP contribution in [0.15, 0.2) is 36.5 Å². The number of likely N-dealkylation sites (tertiary alicyclic amines) is 1. The number of nitrogens with one attached hydrogen (secondary N) is 1. The molecule has 1 aromatic carbocycles. The van der Waals surface area contributed by atoms with Gasteiger partial charge < -0.3 is 15.0 Å². The van der Waals surface area contributed by atoms with Crippen LogP contribution < -0.4 is 10.2 Å². The number of nitrogens with zero attached hydrogens (tertiary/aromatic N) is 4. The van der Waals surface area contributed by atoms with E-state index >= 15 is 0 Å². The highest BCUT2D eigenvalue weighted by atomic mass is 16.5. The topological polar surface area (TPSA) is 53.5 Å². The van der Waals surface area contributed by atoms with E-state index in [9.17, 15) is 0 Å². The Kier molecular flexibility index (Phi) is 5.32. The van der Waals surface area contributed by atoms with Crippen LogP contribution in [0.25, 0.3) is 0 Å². The Bertz CT molecular complexity index is 732. The molecule has 0 bridgehead atoms. The first-order chi connectivity index (χ1) is 12.8. The van der Waals surface area contributed by atoms with Gasteiger partial charge in [-0.1, -0.05) is 24.3 Å². The molecule has 0 saturated carbocycles. The lowest BCUT2D eigenvalue weighted by molar-refractivity contribution is 0.122. The number of aryl methyl sites for hydroxylation is 1. The lowest BCUT2D eigenvalue weighted by Gasteiger charge is -2.27. The summed E-state index contributed by atoms with van der Waals surface area (Å²) < 4.78 is 5.41. The van der Waals surface area contributed by atoms with Crippen molar-refractivity contribution in [3.8, 4) is 0 Å². The van der Waals surface area contributed by atoms with Crippen molar-refractivity contribution in [3.05, 3.63) is 47.7 Å². The van der Waals surface area contributed by atoms with Crippen LogP contribution in [-0.2, 0) is 11.3 Å². The van der Waals surface area contributed by atoms with Crippen molar-refractivity contribution in [2.45, 2.75) is 25.9 Å². The number of hydrogen-bond donors (Lipinski definition) is 1. The van der Waals surface area contributed by atoms with E-state index in [1.54, 1.807) is 0 Å². The molecule has 138 valence electrons. The summed E-state index contributed by atoms with van der Waals surface area (Å²) in [5.74, 6) is 1.72. The predicted octanol–water partition coefficient (Wildman–Crippen LogP) is 2.31. The molecule has 1 aromatic heterocycles. The van der Waals surface area contributed by atoms with E-state index in [1.165, 1.54) is 11.1 Å². The molecule has 1 N–H and O–H groups in total. The second-order valence-corrected chi connectivity index (χ2v) is 7.13. The third-order valence-electron chi connectivity index (χ3n) is 5.22. The van der Waals surface area contributed by atoms with Crippen molar-refractivity contribution < 1.29 is 4.74 Å². The zero-order valence-corrected chi connectivity index (χ0v) is 15.4. The quantitative estimate of drug-likeness (QED) is 0.890. The van der Waals surface area contributed by atoms with Gasteiger partial charge in [0.1, 0.15) is 5.82 Å². The number of anilines is 2. The fourth-order valence-corrected chi connectivity index (χ4v) is 3.68. The van der Waals surface area contributed by atoms with Gasteiger partial charge in [0.25, 0.3) is 0 Å². The molecule has 3 heterocycles. The van der Waals surface area contributed by atoms with Gasteiger partial charge in [-0.25, -0.2) is 4.98 Å². The van der Waals surface area contributed by atoms with Crippen LogP contribution in [0, 0.1) is 6.92 Å². The molecule has 2 aliphatic heterocycles. The van der Waals surface area contributed by atoms with E-state index < -0.39 is 0 Å². The number of ether oxygens (including phenoxy) is 1. The second-order valence-electron chi connectivity index (χ2n) is 7.13. The van der Waals surface area contributed by atoms with Gasteiger partial charge in [-0.15, -0.1) is 0 Å². The molecule has 2 aromatic rings. The molecule has 2 aliphatic rings. The van der Waals surface area contributed by atoms with E-state index in [0.29, 0.717) is 6.04 Å². The maximum absolute atomic E-state index is 5.41. The highest BCUT2D eigenvalue weighted by Crippen LogP contribution is 2.19. The average molecular weight is 353 g/mol. The minimum absolute atomic E-state index is 0.437. The normalized spacial score (nSPS) is 21.1. The van der Waals surface area contributed by atoms with Crippen LogP contribution in [0.2, 0.25) is 0 Å². The summed E-state index contributed by atoms with van der Waals surface area (Å²) in [6.45, 7) is 8.59. The zero-order chi connectivity index (χ0) is 17.8. The average Bonchev–Trinajstić information content (AvgIpc) is 3.11. The first kappa shape index (κ1) is 17.2. The molecule has 2 saturated heterocycles. The van der Waals surface area contributed by atoms with Crippen molar-refractivity contribution in [3.63, 3.8) is 0 Å². The number of aromatic nitrogens is 2. The van der Waals surface area contributed by atoms with Gasteiger partial charge in [0, 0.05) is 45.0 Å². The second kappa shape index (κ2) is 8.01. The Morgan fingerprint density at radius 2 is 2.00 bits per heavy atom. The Labute approximate surface area is 155 Å². The molecule has 0 aliphatic carbocycles. The number of rotatable bonds is 5. The minimum atomic E-state index is 0.437. The first-order valence-electron chi connectivity index (χ1n) is 9.47. The Hall–Kier alpha value is -2.18. The van der Waals surface area contributed by atoms with Gasteiger partial charge in [-0.2, -0.15) is 4.98 Å². The highest BCUT2D eigenvalue weighted by Gasteiger charge is 2.23. The smallest absolute Gasteiger partial charge is 0.227 e. The standard InChI is InChI=1S/C20H27N5O/c1-16-4-2-3-5-17(16)14-24-9-7-18(15-24)22-19-6-8-21-20(23-19)25-10-12-26-13-11-25/h2-6,8,18H,7,9-15H2,1H3,(H,21,22,23). The summed E-state index contributed by atoms with van der Waals surface area (Å²) in [5.41, 5.74) is 2.79. The number of morpholine rings is 1. The molecule has 6 heteroatoms. The minimum Gasteiger partial charge on any atom is -0.378 e. The van der Waals surface area contributed by atoms with Gasteiger partial charge in [-0.05, 0) is 30.5 Å². The lowest BCUT2D eigenvalue weighted by Crippen LogP contribution is -2.37. The van der Waals surface area contributed by atoms with E-state index in [-0.39, 0.29) is 0 Å². The van der Waals surface area contributed by atoms with Gasteiger partial charge in [0.2, 0.25) is 5.95 Å². The van der Waals surface area contributed by atoms with Crippen LogP contribution in [0.4, 0.5) is 11.8 Å². The van der Waals surface area contributed by atoms with Crippen LogP contribution in [-0.4, -0.2) is 60.3 Å². The molecular formula is C20H27N5O. The monoisotopic (exact) mass is 353 g/mol. The summed E-state index contributed by atoms with van der Waals surface area (Å²) in [5, 5.41) is 3.60. The summed E-state index contributed by atoms with van der Waals surface area (Å²) in [6.07, 6.45) is 2.99. The van der Waals surface area contributed by atoms with Gasteiger partial charge in [-0.3, -0.25) is 4.90 Å². The van der Waals surface area contributed by atoms with E-state index in [0.717, 1.165) is 64.1 Å².